The second kappa shape index (κ2) is 5.84. The predicted molar refractivity (Wildman–Crippen MR) is 73.5 cm³/mol. The number of aromatic nitrogens is 1. The van der Waals surface area contributed by atoms with Gasteiger partial charge in [0.2, 0.25) is 5.91 Å². The molecule has 1 aromatic heterocycles. The third kappa shape index (κ3) is 3.00. The molecule has 2 aromatic rings. The molecule has 0 aliphatic rings. The maximum Gasteiger partial charge on any atom is 0.241 e. The summed E-state index contributed by atoms with van der Waals surface area (Å²) in [6.07, 6.45) is 0. The molecule has 94 valence electrons. The molecule has 2 rings (SSSR count). The van der Waals surface area contributed by atoms with Gasteiger partial charge in [-0.3, -0.25) is 4.79 Å². The molecule has 1 heterocycles. The smallest absolute Gasteiger partial charge is 0.241 e. The zero-order valence-corrected chi connectivity index (χ0v) is 11.2. The number of halogens is 1. The predicted octanol–water partition coefficient (Wildman–Crippen LogP) is 3.00. The Kier molecular flexibility index (Phi) is 4.17. The lowest BCUT2D eigenvalue weighted by atomic mass is 10.2. The minimum atomic E-state index is -0.257. The van der Waals surface area contributed by atoms with E-state index in [2.05, 4.69) is 10.3 Å². The van der Waals surface area contributed by atoms with Gasteiger partial charge in [0.1, 0.15) is 11.6 Å². The van der Waals surface area contributed by atoms with Crippen molar-refractivity contribution in [2.45, 2.75) is 0 Å². The van der Waals surface area contributed by atoms with Crippen LogP contribution < -0.4 is 10.1 Å². The maximum atomic E-state index is 11.1. The standard InChI is InChI=1S/C12H11ClN2O2S/c1-17-9-4-2-8(3-5-9)10-7-18-12(14-10)15-11(16)6-13/h2-5,7H,6H2,1H3,(H,14,15,16). The molecule has 0 saturated heterocycles. The number of amides is 1. The molecule has 0 bridgehead atoms. The molecule has 0 radical (unpaired) electrons. The fourth-order valence-electron chi connectivity index (χ4n) is 1.38. The van der Waals surface area contributed by atoms with Crippen LogP contribution in [0.4, 0.5) is 5.13 Å². The number of methoxy groups -OCH3 is 1. The Labute approximate surface area is 114 Å². The van der Waals surface area contributed by atoms with Crippen LogP contribution in [0.1, 0.15) is 0 Å². The number of nitrogens with zero attached hydrogens (tertiary/aromatic N) is 1. The molecule has 0 aliphatic carbocycles. The summed E-state index contributed by atoms with van der Waals surface area (Å²) in [5.41, 5.74) is 1.78. The molecule has 0 aliphatic heterocycles. The number of carbonyl (C=O) groups is 1. The van der Waals surface area contributed by atoms with Gasteiger partial charge >= 0.3 is 0 Å². The number of ether oxygens (including phenoxy) is 1. The quantitative estimate of drug-likeness (QED) is 0.877. The van der Waals surface area contributed by atoms with E-state index < -0.39 is 0 Å². The number of benzene rings is 1. The van der Waals surface area contributed by atoms with Gasteiger partial charge in [-0.05, 0) is 24.3 Å². The van der Waals surface area contributed by atoms with Gasteiger partial charge in [-0.1, -0.05) is 0 Å². The monoisotopic (exact) mass is 282 g/mol. The fourth-order valence-corrected chi connectivity index (χ4v) is 2.18. The van der Waals surface area contributed by atoms with Crippen LogP contribution in [0.25, 0.3) is 11.3 Å². The lowest BCUT2D eigenvalue weighted by Gasteiger charge is -2.00. The van der Waals surface area contributed by atoms with E-state index >= 15 is 0 Å². The minimum absolute atomic E-state index is 0.0720. The molecule has 0 saturated carbocycles. The highest BCUT2D eigenvalue weighted by Crippen LogP contribution is 2.26. The highest BCUT2D eigenvalue weighted by atomic mass is 35.5. The molecule has 4 nitrogen and oxygen atoms in total. The number of thiazole rings is 1. The second-order valence-corrected chi connectivity index (χ2v) is 4.57. The number of hydrogen-bond acceptors (Lipinski definition) is 4. The summed E-state index contributed by atoms with van der Waals surface area (Å²) < 4.78 is 5.09. The SMILES string of the molecule is COc1ccc(-c2csc(NC(=O)CCl)n2)cc1. The molecule has 1 aromatic carbocycles. The number of hydrogen-bond donors (Lipinski definition) is 1. The van der Waals surface area contributed by atoms with E-state index in [0.29, 0.717) is 5.13 Å². The first-order valence-electron chi connectivity index (χ1n) is 5.18. The Hall–Kier alpha value is -1.59. The average molecular weight is 283 g/mol. The van der Waals surface area contributed by atoms with E-state index in [1.807, 2.05) is 29.6 Å². The highest BCUT2D eigenvalue weighted by molar-refractivity contribution is 7.14. The Morgan fingerprint density at radius 3 is 2.78 bits per heavy atom. The van der Waals surface area contributed by atoms with E-state index in [9.17, 15) is 4.79 Å². The summed E-state index contributed by atoms with van der Waals surface area (Å²) >= 11 is 6.78. The van der Waals surface area contributed by atoms with E-state index in [-0.39, 0.29) is 11.8 Å². The summed E-state index contributed by atoms with van der Waals surface area (Å²) in [5.74, 6) is 0.467. The summed E-state index contributed by atoms with van der Waals surface area (Å²) in [6.45, 7) is 0. The molecule has 6 heteroatoms. The normalized spacial score (nSPS) is 10.1. The van der Waals surface area contributed by atoms with Gasteiger partial charge < -0.3 is 10.1 Å². The average Bonchev–Trinajstić information content (AvgIpc) is 2.87. The Balaban J connectivity index is 2.15. The van der Waals surface area contributed by atoms with E-state index in [1.54, 1.807) is 7.11 Å². The van der Waals surface area contributed by atoms with Crippen molar-refractivity contribution < 1.29 is 9.53 Å². The van der Waals surface area contributed by atoms with Crippen LogP contribution in [0.5, 0.6) is 5.75 Å². The first-order chi connectivity index (χ1) is 8.72. The second-order valence-electron chi connectivity index (χ2n) is 3.45. The van der Waals surface area contributed by atoms with E-state index in [1.165, 1.54) is 11.3 Å². The Morgan fingerprint density at radius 2 is 2.17 bits per heavy atom. The molecule has 1 amide bonds. The Bertz CT molecular complexity index is 539. The molecule has 18 heavy (non-hydrogen) atoms. The molecular weight excluding hydrogens is 272 g/mol. The summed E-state index contributed by atoms with van der Waals surface area (Å²) in [5, 5.41) is 5.04. The van der Waals surface area contributed by atoms with Crippen LogP contribution in [-0.4, -0.2) is 23.9 Å². The molecule has 0 unspecified atom stereocenters. The van der Waals surface area contributed by atoms with Crippen molar-refractivity contribution in [3.05, 3.63) is 29.6 Å². The fraction of sp³-hybridized carbons (Fsp3) is 0.167. The van der Waals surface area contributed by atoms with E-state index in [0.717, 1.165) is 17.0 Å². The highest BCUT2D eigenvalue weighted by Gasteiger charge is 2.07. The van der Waals surface area contributed by atoms with Gasteiger partial charge in [0, 0.05) is 10.9 Å². The number of anilines is 1. The minimum Gasteiger partial charge on any atom is -0.497 e. The van der Waals surface area contributed by atoms with Crippen LogP contribution in [-0.2, 0) is 4.79 Å². The molecule has 0 fully saturated rings. The first-order valence-corrected chi connectivity index (χ1v) is 6.60. The van der Waals surface area contributed by atoms with Crippen molar-refractivity contribution in [1.29, 1.82) is 0 Å². The topological polar surface area (TPSA) is 51.2 Å². The molecule has 1 N–H and O–H groups in total. The largest absolute Gasteiger partial charge is 0.497 e. The van der Waals surface area contributed by atoms with Crippen molar-refractivity contribution in [3.8, 4) is 17.0 Å². The van der Waals surface area contributed by atoms with Crippen LogP contribution in [0, 0.1) is 0 Å². The lowest BCUT2D eigenvalue weighted by Crippen LogP contribution is -2.12. The zero-order chi connectivity index (χ0) is 13.0. The summed E-state index contributed by atoms with van der Waals surface area (Å²) in [7, 11) is 1.62. The van der Waals surface area contributed by atoms with Crippen LogP contribution in [0.15, 0.2) is 29.6 Å². The van der Waals surface area contributed by atoms with Crippen LogP contribution >= 0.6 is 22.9 Å². The lowest BCUT2D eigenvalue weighted by molar-refractivity contribution is -0.113. The van der Waals surface area contributed by atoms with Gasteiger partial charge in [0.05, 0.1) is 12.8 Å². The summed E-state index contributed by atoms with van der Waals surface area (Å²) in [4.78, 5) is 15.4. The van der Waals surface area contributed by atoms with Gasteiger partial charge in [0.25, 0.3) is 0 Å². The maximum absolute atomic E-state index is 11.1. The Morgan fingerprint density at radius 1 is 1.44 bits per heavy atom. The molecule has 0 spiro atoms. The van der Waals surface area contributed by atoms with Crippen molar-refractivity contribution in [2.24, 2.45) is 0 Å². The van der Waals surface area contributed by atoms with Gasteiger partial charge in [-0.15, -0.1) is 22.9 Å². The number of nitrogens with one attached hydrogen (secondary N) is 1. The third-order valence-corrected chi connectivity index (χ3v) is 3.26. The van der Waals surface area contributed by atoms with Crippen molar-refractivity contribution in [1.82, 2.24) is 4.98 Å². The third-order valence-electron chi connectivity index (χ3n) is 2.26. The van der Waals surface area contributed by atoms with Gasteiger partial charge in [-0.25, -0.2) is 4.98 Å². The first kappa shape index (κ1) is 12.9. The van der Waals surface area contributed by atoms with E-state index in [4.69, 9.17) is 16.3 Å². The number of alkyl halides is 1. The van der Waals surface area contributed by atoms with Gasteiger partial charge in [0.15, 0.2) is 5.13 Å². The summed E-state index contributed by atoms with van der Waals surface area (Å²) in [6, 6.07) is 7.57. The van der Waals surface area contributed by atoms with Crippen molar-refractivity contribution in [3.63, 3.8) is 0 Å². The van der Waals surface area contributed by atoms with Gasteiger partial charge in [-0.2, -0.15) is 0 Å². The number of carbonyl (C=O) groups excluding carboxylic acids is 1. The molecular formula is C12H11ClN2O2S. The van der Waals surface area contributed by atoms with Crippen LogP contribution in [0.3, 0.4) is 0 Å². The number of rotatable bonds is 4. The van der Waals surface area contributed by atoms with Crippen molar-refractivity contribution in [2.75, 3.05) is 18.3 Å². The molecule has 0 atom stereocenters. The zero-order valence-electron chi connectivity index (χ0n) is 9.64. The van der Waals surface area contributed by atoms with Crippen molar-refractivity contribution >= 4 is 34.0 Å². The van der Waals surface area contributed by atoms with Crippen LogP contribution in [0.2, 0.25) is 0 Å².